The van der Waals surface area contributed by atoms with Crippen molar-refractivity contribution >= 4 is 33.2 Å². The summed E-state index contributed by atoms with van der Waals surface area (Å²) in [6.07, 6.45) is 1.76. The van der Waals surface area contributed by atoms with Crippen molar-refractivity contribution in [3.63, 3.8) is 0 Å². The summed E-state index contributed by atoms with van der Waals surface area (Å²) < 4.78 is 13.3. The van der Waals surface area contributed by atoms with Gasteiger partial charge in [0.2, 0.25) is 0 Å². The molecule has 13 heavy (non-hydrogen) atoms. The van der Waals surface area contributed by atoms with Gasteiger partial charge in [0.05, 0.1) is 0 Å². The Morgan fingerprint density at radius 1 is 1.54 bits per heavy atom. The fraction of sp³-hybridized carbons (Fsp3) is 0.111. The summed E-state index contributed by atoms with van der Waals surface area (Å²) >= 11 is 8.58. The Bertz CT molecular complexity index is 314. The summed E-state index contributed by atoms with van der Waals surface area (Å²) in [4.78, 5) is 0. The molecule has 0 radical (unpaired) electrons. The Labute approximate surface area is 89.7 Å². The van der Waals surface area contributed by atoms with E-state index in [2.05, 4.69) is 21.2 Å². The van der Waals surface area contributed by atoms with Crippen LogP contribution >= 0.6 is 27.5 Å². The highest BCUT2D eigenvalue weighted by Gasteiger charge is 1.98. The van der Waals surface area contributed by atoms with E-state index in [1.165, 1.54) is 17.7 Å². The van der Waals surface area contributed by atoms with Crippen molar-refractivity contribution in [2.75, 3.05) is 11.9 Å². The molecule has 0 aliphatic heterocycles. The second-order valence-corrected chi connectivity index (χ2v) is 3.47. The van der Waals surface area contributed by atoms with Crippen molar-refractivity contribution < 1.29 is 4.39 Å². The van der Waals surface area contributed by atoms with Crippen molar-refractivity contribution in [1.82, 2.24) is 0 Å². The molecule has 0 fully saturated rings. The Balaban J connectivity index is 2.66. The molecule has 1 aromatic carbocycles. The van der Waals surface area contributed by atoms with Crippen molar-refractivity contribution in [1.29, 1.82) is 0 Å². The summed E-state index contributed by atoms with van der Waals surface area (Å²) in [5, 5.41) is 3.06. The molecule has 0 unspecified atom stereocenters. The molecule has 0 aromatic heterocycles. The molecule has 0 aliphatic rings. The van der Waals surface area contributed by atoms with Gasteiger partial charge in [-0.3, -0.25) is 0 Å². The second-order valence-electron chi connectivity index (χ2n) is 2.37. The van der Waals surface area contributed by atoms with Crippen LogP contribution in [0.1, 0.15) is 0 Å². The summed E-state index contributed by atoms with van der Waals surface area (Å²) in [7, 11) is 0. The van der Waals surface area contributed by atoms with Gasteiger partial charge in [-0.2, -0.15) is 0 Å². The van der Waals surface area contributed by atoms with Crippen molar-refractivity contribution in [3.05, 3.63) is 40.1 Å². The first-order valence-corrected chi connectivity index (χ1v) is 4.91. The van der Waals surface area contributed by atoms with Crippen LogP contribution in [0.25, 0.3) is 0 Å². The Morgan fingerprint density at radius 3 is 2.92 bits per heavy atom. The highest BCUT2D eigenvalue weighted by atomic mass is 79.9. The lowest BCUT2D eigenvalue weighted by Crippen LogP contribution is -1.98. The first kappa shape index (κ1) is 10.5. The maximum Gasteiger partial charge on any atom is 0.124 e. The van der Waals surface area contributed by atoms with Crippen molar-refractivity contribution in [2.24, 2.45) is 0 Å². The van der Waals surface area contributed by atoms with Crippen LogP contribution in [-0.4, -0.2) is 6.54 Å². The lowest BCUT2D eigenvalue weighted by Gasteiger charge is -2.05. The minimum Gasteiger partial charge on any atom is -0.381 e. The van der Waals surface area contributed by atoms with E-state index < -0.39 is 0 Å². The zero-order chi connectivity index (χ0) is 9.68. The van der Waals surface area contributed by atoms with Crippen LogP contribution < -0.4 is 5.32 Å². The second kappa shape index (κ2) is 5.25. The summed E-state index contributed by atoms with van der Waals surface area (Å²) in [6.45, 7) is 0.619. The van der Waals surface area contributed by atoms with Crippen LogP contribution in [0.5, 0.6) is 0 Å². The molecular weight excluding hydrogens is 256 g/mol. The van der Waals surface area contributed by atoms with Crippen LogP contribution in [0.15, 0.2) is 34.3 Å². The summed E-state index contributed by atoms with van der Waals surface area (Å²) in [5.74, 6) is -0.259. The Morgan fingerprint density at radius 2 is 2.31 bits per heavy atom. The first-order valence-electron chi connectivity index (χ1n) is 3.68. The molecule has 0 spiro atoms. The smallest absolute Gasteiger partial charge is 0.124 e. The highest BCUT2D eigenvalue weighted by Crippen LogP contribution is 2.22. The summed E-state index contributed by atoms with van der Waals surface area (Å²) in [6, 6.07) is 4.48. The van der Waals surface area contributed by atoms with Crippen LogP contribution in [0.3, 0.4) is 0 Å². The molecule has 0 amide bonds. The van der Waals surface area contributed by atoms with E-state index in [1.807, 2.05) is 0 Å². The first-order chi connectivity index (χ1) is 6.24. The third kappa shape index (κ3) is 3.36. The SMILES string of the molecule is Fc1ccc(NC/C=C/Cl)c(Br)c1. The van der Waals surface area contributed by atoms with Crippen LogP contribution in [0, 0.1) is 5.82 Å². The minimum absolute atomic E-state index is 0.259. The van der Waals surface area contributed by atoms with Gasteiger partial charge in [0.15, 0.2) is 0 Å². The zero-order valence-electron chi connectivity index (χ0n) is 6.73. The highest BCUT2D eigenvalue weighted by molar-refractivity contribution is 9.10. The fourth-order valence-electron chi connectivity index (χ4n) is 0.846. The molecule has 4 heteroatoms. The molecule has 1 N–H and O–H groups in total. The number of halogens is 3. The topological polar surface area (TPSA) is 12.0 Å². The van der Waals surface area contributed by atoms with Crippen LogP contribution in [0.4, 0.5) is 10.1 Å². The maximum absolute atomic E-state index is 12.6. The van der Waals surface area contributed by atoms with Crippen molar-refractivity contribution in [3.8, 4) is 0 Å². The lowest BCUT2D eigenvalue weighted by atomic mass is 10.3. The minimum atomic E-state index is -0.259. The van der Waals surface area contributed by atoms with E-state index in [1.54, 1.807) is 12.1 Å². The molecule has 0 atom stereocenters. The number of nitrogens with one attached hydrogen (secondary N) is 1. The van der Waals surface area contributed by atoms with Gasteiger partial charge in [0.25, 0.3) is 0 Å². The Kier molecular flexibility index (Phi) is 4.25. The molecule has 1 nitrogen and oxygen atoms in total. The van der Waals surface area contributed by atoms with Gasteiger partial charge in [0, 0.05) is 22.2 Å². The van der Waals surface area contributed by atoms with Gasteiger partial charge in [-0.25, -0.2) is 4.39 Å². The number of benzene rings is 1. The number of hydrogen-bond acceptors (Lipinski definition) is 1. The maximum atomic E-state index is 12.6. The van der Waals surface area contributed by atoms with E-state index in [0.717, 1.165) is 5.69 Å². The predicted molar refractivity (Wildman–Crippen MR) is 57.6 cm³/mol. The predicted octanol–water partition coefficient (Wildman–Crippen LogP) is 3.75. The van der Waals surface area contributed by atoms with Gasteiger partial charge in [-0.05, 0) is 34.1 Å². The molecule has 1 aromatic rings. The van der Waals surface area contributed by atoms with E-state index >= 15 is 0 Å². The lowest BCUT2D eigenvalue weighted by molar-refractivity contribution is 0.627. The Hall–Kier alpha value is -0.540. The average Bonchev–Trinajstić information content (AvgIpc) is 2.09. The van der Waals surface area contributed by atoms with Gasteiger partial charge >= 0.3 is 0 Å². The third-order valence-corrected chi connectivity index (χ3v) is 2.26. The van der Waals surface area contributed by atoms with E-state index in [4.69, 9.17) is 11.6 Å². The quantitative estimate of drug-likeness (QED) is 0.877. The number of anilines is 1. The fourth-order valence-corrected chi connectivity index (χ4v) is 1.43. The standard InChI is InChI=1S/C9H8BrClFN/c10-8-6-7(12)2-3-9(8)13-5-1-4-11/h1-4,6,13H,5H2/b4-1+. The van der Waals surface area contributed by atoms with Gasteiger partial charge in [0.1, 0.15) is 5.82 Å². The molecule has 0 saturated heterocycles. The third-order valence-electron chi connectivity index (χ3n) is 1.43. The summed E-state index contributed by atoms with van der Waals surface area (Å²) in [5.41, 5.74) is 2.28. The van der Waals surface area contributed by atoms with E-state index in [0.29, 0.717) is 11.0 Å². The van der Waals surface area contributed by atoms with Crippen molar-refractivity contribution in [2.45, 2.75) is 0 Å². The largest absolute Gasteiger partial charge is 0.381 e. The van der Waals surface area contributed by atoms with E-state index in [9.17, 15) is 4.39 Å². The monoisotopic (exact) mass is 263 g/mol. The number of rotatable bonds is 3. The molecule has 0 aliphatic carbocycles. The average molecular weight is 265 g/mol. The molecule has 0 heterocycles. The van der Waals surface area contributed by atoms with Crippen LogP contribution in [-0.2, 0) is 0 Å². The molecule has 0 saturated carbocycles. The zero-order valence-corrected chi connectivity index (χ0v) is 9.07. The normalized spacial score (nSPS) is 10.7. The molecule has 1 rings (SSSR count). The molecule has 70 valence electrons. The van der Waals surface area contributed by atoms with Gasteiger partial charge in [-0.1, -0.05) is 17.7 Å². The molecule has 0 bridgehead atoms. The van der Waals surface area contributed by atoms with Crippen LogP contribution in [0.2, 0.25) is 0 Å². The van der Waals surface area contributed by atoms with Gasteiger partial charge in [-0.15, -0.1) is 0 Å². The van der Waals surface area contributed by atoms with Gasteiger partial charge < -0.3 is 5.32 Å². The number of hydrogen-bond donors (Lipinski definition) is 1. The van der Waals surface area contributed by atoms with E-state index in [-0.39, 0.29) is 5.82 Å². The molecular formula is C9H8BrClFN.